The first-order chi connectivity index (χ1) is 9.13. The minimum atomic E-state index is 0.494. The number of fused-ring (bicyclic) bond motifs is 1. The highest BCUT2D eigenvalue weighted by Gasteiger charge is 2.12. The van der Waals surface area contributed by atoms with Gasteiger partial charge in [0.1, 0.15) is 0 Å². The summed E-state index contributed by atoms with van der Waals surface area (Å²) in [5, 5.41) is 4.71. The molecule has 2 aromatic rings. The van der Waals surface area contributed by atoms with Crippen LogP contribution in [0.15, 0.2) is 30.5 Å². The van der Waals surface area contributed by atoms with E-state index in [1.54, 1.807) is 0 Å². The van der Waals surface area contributed by atoms with Crippen molar-refractivity contribution in [3.63, 3.8) is 0 Å². The summed E-state index contributed by atoms with van der Waals surface area (Å²) in [7, 11) is 0. The van der Waals surface area contributed by atoms with Crippen LogP contribution in [0.25, 0.3) is 10.9 Å². The molecule has 0 bridgehead atoms. The molecular formula is C16H23N3. The third-order valence-corrected chi connectivity index (χ3v) is 3.77. The van der Waals surface area contributed by atoms with Crippen LogP contribution in [0.3, 0.4) is 0 Å². The van der Waals surface area contributed by atoms with Gasteiger partial charge in [-0.2, -0.15) is 0 Å². The van der Waals surface area contributed by atoms with Crippen LogP contribution in [0.4, 0.5) is 5.69 Å². The van der Waals surface area contributed by atoms with Crippen LogP contribution in [0, 0.1) is 18.8 Å². The van der Waals surface area contributed by atoms with Gasteiger partial charge in [-0.25, -0.2) is 0 Å². The van der Waals surface area contributed by atoms with E-state index in [2.05, 4.69) is 49.3 Å². The third-order valence-electron chi connectivity index (χ3n) is 3.77. The predicted molar refractivity (Wildman–Crippen MR) is 82.4 cm³/mol. The molecule has 1 aromatic carbocycles. The Hall–Kier alpha value is -1.61. The highest BCUT2D eigenvalue weighted by atomic mass is 14.9. The van der Waals surface area contributed by atoms with Crippen LogP contribution in [-0.4, -0.2) is 18.1 Å². The van der Waals surface area contributed by atoms with Gasteiger partial charge in [0.25, 0.3) is 0 Å². The first-order valence-corrected chi connectivity index (χ1v) is 6.91. The van der Waals surface area contributed by atoms with Crippen LogP contribution < -0.4 is 11.1 Å². The number of benzene rings is 1. The zero-order valence-corrected chi connectivity index (χ0v) is 12.0. The summed E-state index contributed by atoms with van der Waals surface area (Å²) < 4.78 is 0. The Morgan fingerprint density at radius 1 is 1.26 bits per heavy atom. The zero-order chi connectivity index (χ0) is 13.8. The van der Waals surface area contributed by atoms with Gasteiger partial charge in [0.05, 0.1) is 5.52 Å². The number of rotatable bonds is 5. The average Bonchev–Trinajstić information content (AvgIpc) is 2.42. The molecule has 0 aliphatic rings. The molecular weight excluding hydrogens is 234 g/mol. The minimum absolute atomic E-state index is 0.494. The van der Waals surface area contributed by atoms with Gasteiger partial charge in [-0.3, -0.25) is 4.98 Å². The molecule has 0 saturated heterocycles. The Kier molecular flexibility index (Phi) is 4.38. The van der Waals surface area contributed by atoms with Crippen molar-refractivity contribution in [2.24, 2.45) is 17.6 Å². The Morgan fingerprint density at radius 3 is 2.74 bits per heavy atom. The van der Waals surface area contributed by atoms with E-state index in [1.807, 2.05) is 12.3 Å². The lowest BCUT2D eigenvalue weighted by atomic mass is 9.96. The normalized spacial score (nSPS) is 12.9. The van der Waals surface area contributed by atoms with Gasteiger partial charge >= 0.3 is 0 Å². The van der Waals surface area contributed by atoms with Gasteiger partial charge in [-0.05, 0) is 49.1 Å². The number of nitrogens with two attached hydrogens (primary N) is 1. The molecule has 0 aliphatic heterocycles. The SMILES string of the molecule is Cc1ccc(NCC(CN)C(C)C)c2cccnc12. The maximum Gasteiger partial charge on any atom is 0.0751 e. The summed E-state index contributed by atoms with van der Waals surface area (Å²) in [5.74, 6) is 1.08. The van der Waals surface area contributed by atoms with Crippen molar-refractivity contribution in [3.8, 4) is 0 Å². The molecule has 0 aliphatic carbocycles. The van der Waals surface area contributed by atoms with Crippen LogP contribution in [0.2, 0.25) is 0 Å². The Balaban J connectivity index is 2.24. The Labute approximate surface area is 115 Å². The Morgan fingerprint density at radius 2 is 2.05 bits per heavy atom. The zero-order valence-electron chi connectivity index (χ0n) is 12.0. The molecule has 102 valence electrons. The summed E-state index contributed by atoms with van der Waals surface area (Å²) in [6, 6.07) is 8.35. The van der Waals surface area contributed by atoms with Crippen LogP contribution in [0.1, 0.15) is 19.4 Å². The maximum atomic E-state index is 5.82. The number of pyridine rings is 1. The topological polar surface area (TPSA) is 50.9 Å². The number of aromatic nitrogens is 1. The van der Waals surface area contributed by atoms with E-state index in [-0.39, 0.29) is 0 Å². The van der Waals surface area contributed by atoms with Gasteiger partial charge in [0, 0.05) is 23.8 Å². The van der Waals surface area contributed by atoms with E-state index in [4.69, 9.17) is 5.73 Å². The van der Waals surface area contributed by atoms with Crippen molar-refractivity contribution in [1.82, 2.24) is 4.98 Å². The quantitative estimate of drug-likeness (QED) is 0.865. The first-order valence-electron chi connectivity index (χ1n) is 6.91. The fourth-order valence-electron chi connectivity index (χ4n) is 2.30. The number of anilines is 1. The third kappa shape index (κ3) is 3.04. The summed E-state index contributed by atoms with van der Waals surface area (Å²) in [4.78, 5) is 4.46. The first kappa shape index (κ1) is 13.8. The van der Waals surface area contributed by atoms with E-state index < -0.39 is 0 Å². The summed E-state index contributed by atoms with van der Waals surface area (Å²) >= 11 is 0. The van der Waals surface area contributed by atoms with Crippen LogP contribution >= 0.6 is 0 Å². The molecule has 3 heteroatoms. The van der Waals surface area contributed by atoms with Gasteiger partial charge in [0.15, 0.2) is 0 Å². The van der Waals surface area contributed by atoms with E-state index in [0.29, 0.717) is 18.4 Å². The van der Waals surface area contributed by atoms with Crippen molar-refractivity contribution in [1.29, 1.82) is 0 Å². The van der Waals surface area contributed by atoms with Crippen LogP contribution in [-0.2, 0) is 0 Å². The molecule has 3 nitrogen and oxygen atoms in total. The van der Waals surface area contributed by atoms with Crippen molar-refractivity contribution in [3.05, 3.63) is 36.0 Å². The number of aryl methyl sites for hydroxylation is 1. The molecule has 1 aromatic heterocycles. The number of hydrogen-bond acceptors (Lipinski definition) is 3. The Bertz CT molecular complexity index is 549. The van der Waals surface area contributed by atoms with E-state index >= 15 is 0 Å². The summed E-state index contributed by atoms with van der Waals surface area (Å²) in [6.07, 6.45) is 1.84. The number of nitrogens with one attached hydrogen (secondary N) is 1. The highest BCUT2D eigenvalue weighted by molar-refractivity contribution is 5.93. The van der Waals surface area contributed by atoms with Gasteiger partial charge in [-0.1, -0.05) is 19.9 Å². The smallest absolute Gasteiger partial charge is 0.0751 e. The molecule has 0 amide bonds. The fraction of sp³-hybridized carbons (Fsp3) is 0.438. The molecule has 0 spiro atoms. The summed E-state index contributed by atoms with van der Waals surface area (Å²) in [5.41, 5.74) is 9.25. The van der Waals surface area contributed by atoms with E-state index in [1.165, 1.54) is 10.9 Å². The van der Waals surface area contributed by atoms with Gasteiger partial charge in [-0.15, -0.1) is 0 Å². The molecule has 0 radical (unpaired) electrons. The standard InChI is InChI=1S/C16H23N3/c1-11(2)13(9-17)10-19-15-7-6-12(3)16-14(15)5-4-8-18-16/h4-8,11,13,19H,9-10,17H2,1-3H3. The molecule has 1 unspecified atom stereocenters. The lowest BCUT2D eigenvalue weighted by Gasteiger charge is -2.20. The molecule has 3 N–H and O–H groups in total. The highest BCUT2D eigenvalue weighted by Crippen LogP contribution is 2.25. The van der Waals surface area contributed by atoms with Gasteiger partial charge < -0.3 is 11.1 Å². The lowest BCUT2D eigenvalue weighted by Crippen LogP contribution is -2.27. The molecule has 1 atom stereocenters. The molecule has 0 saturated carbocycles. The number of hydrogen-bond donors (Lipinski definition) is 2. The average molecular weight is 257 g/mol. The summed E-state index contributed by atoms with van der Waals surface area (Å²) in [6.45, 7) is 8.14. The van der Waals surface area contributed by atoms with Crippen molar-refractivity contribution in [2.45, 2.75) is 20.8 Å². The second-order valence-corrected chi connectivity index (χ2v) is 5.45. The molecule has 1 heterocycles. The fourth-order valence-corrected chi connectivity index (χ4v) is 2.30. The van der Waals surface area contributed by atoms with Crippen molar-refractivity contribution < 1.29 is 0 Å². The van der Waals surface area contributed by atoms with Crippen LogP contribution in [0.5, 0.6) is 0 Å². The molecule has 19 heavy (non-hydrogen) atoms. The number of nitrogens with zero attached hydrogens (tertiary/aromatic N) is 1. The molecule has 0 fully saturated rings. The second-order valence-electron chi connectivity index (χ2n) is 5.45. The van der Waals surface area contributed by atoms with Crippen molar-refractivity contribution in [2.75, 3.05) is 18.4 Å². The van der Waals surface area contributed by atoms with E-state index in [0.717, 1.165) is 17.7 Å². The minimum Gasteiger partial charge on any atom is -0.384 e. The monoisotopic (exact) mass is 257 g/mol. The lowest BCUT2D eigenvalue weighted by molar-refractivity contribution is 0.413. The second kappa shape index (κ2) is 6.02. The van der Waals surface area contributed by atoms with Gasteiger partial charge in [0.2, 0.25) is 0 Å². The maximum absolute atomic E-state index is 5.82. The predicted octanol–water partition coefficient (Wildman–Crippen LogP) is 3.19. The van der Waals surface area contributed by atoms with E-state index in [9.17, 15) is 0 Å². The van der Waals surface area contributed by atoms with Crippen molar-refractivity contribution >= 4 is 16.6 Å². The molecule has 2 rings (SSSR count). The largest absolute Gasteiger partial charge is 0.384 e.